The number of thiazole rings is 1. The molecule has 3 aromatic carbocycles. The van der Waals surface area contributed by atoms with E-state index in [1.165, 1.54) is 11.3 Å². The third kappa shape index (κ3) is 5.13. The zero-order valence-electron chi connectivity index (χ0n) is 16.9. The Morgan fingerprint density at radius 3 is 2.33 bits per heavy atom. The first kappa shape index (κ1) is 19.9. The summed E-state index contributed by atoms with van der Waals surface area (Å²) < 4.78 is 0. The third-order valence-corrected chi connectivity index (χ3v) is 5.55. The Balaban J connectivity index is 1.36. The van der Waals surface area contributed by atoms with Crippen LogP contribution in [-0.4, -0.2) is 17.7 Å². The lowest BCUT2D eigenvalue weighted by atomic mass is 10.1. The Kier molecular flexibility index (Phi) is 6.52. The van der Waals surface area contributed by atoms with E-state index >= 15 is 0 Å². The summed E-state index contributed by atoms with van der Waals surface area (Å²) >= 11 is 1.55. The molecule has 0 saturated heterocycles. The van der Waals surface area contributed by atoms with E-state index in [2.05, 4.69) is 94.1 Å². The van der Waals surface area contributed by atoms with Gasteiger partial charge in [0.1, 0.15) is 0 Å². The predicted octanol–water partition coefficient (Wildman–Crippen LogP) is 6.28. The highest BCUT2D eigenvalue weighted by Crippen LogP contribution is 2.24. The minimum atomic E-state index is 0.779. The summed E-state index contributed by atoms with van der Waals surface area (Å²) in [7, 11) is 0. The second-order valence-corrected chi connectivity index (χ2v) is 7.72. The van der Waals surface area contributed by atoms with E-state index in [1.807, 2.05) is 29.8 Å². The van der Waals surface area contributed by atoms with Crippen molar-refractivity contribution in [1.82, 2.24) is 4.98 Å². The van der Waals surface area contributed by atoms with Gasteiger partial charge in [0.25, 0.3) is 0 Å². The van der Waals surface area contributed by atoms with Crippen LogP contribution in [0.3, 0.4) is 0 Å². The van der Waals surface area contributed by atoms with E-state index < -0.39 is 0 Å². The predicted molar refractivity (Wildman–Crippen MR) is 128 cm³/mol. The lowest BCUT2D eigenvalue weighted by Gasteiger charge is -2.23. The zero-order chi connectivity index (χ0) is 20.6. The van der Waals surface area contributed by atoms with Gasteiger partial charge in [0.05, 0.1) is 11.9 Å². The van der Waals surface area contributed by atoms with Crippen LogP contribution < -0.4 is 10.3 Å². The van der Waals surface area contributed by atoms with Crippen LogP contribution in [0.2, 0.25) is 0 Å². The van der Waals surface area contributed by atoms with E-state index in [0.717, 1.165) is 35.0 Å². The van der Waals surface area contributed by atoms with E-state index in [1.54, 1.807) is 11.3 Å². The summed E-state index contributed by atoms with van der Waals surface area (Å²) in [5, 5.41) is 7.16. The molecule has 4 nitrogen and oxygen atoms in total. The number of hydrogen-bond donors (Lipinski definition) is 1. The standard InChI is InChI=1S/C25H24N4S/c1-2-29(18-21-9-5-3-6-10-21)23-15-13-20(14-16-23)17-26-28-25-27-24(19-30-25)22-11-7-4-8-12-22/h3-17,19H,2,18H2,1H3,(H,27,28)/b26-17-. The maximum absolute atomic E-state index is 4.59. The van der Waals surface area contributed by atoms with Gasteiger partial charge in [-0.3, -0.25) is 5.43 Å². The zero-order valence-corrected chi connectivity index (χ0v) is 17.7. The Labute approximate surface area is 181 Å². The van der Waals surface area contributed by atoms with Crippen molar-refractivity contribution in [2.75, 3.05) is 16.9 Å². The first-order valence-corrected chi connectivity index (χ1v) is 10.9. The number of rotatable bonds is 8. The van der Waals surface area contributed by atoms with Crippen molar-refractivity contribution in [1.29, 1.82) is 0 Å². The second kappa shape index (κ2) is 9.85. The van der Waals surface area contributed by atoms with Gasteiger partial charge in [-0.15, -0.1) is 11.3 Å². The molecular formula is C25H24N4S. The van der Waals surface area contributed by atoms with Gasteiger partial charge in [0, 0.05) is 29.7 Å². The topological polar surface area (TPSA) is 40.5 Å². The Morgan fingerprint density at radius 1 is 0.933 bits per heavy atom. The SMILES string of the molecule is CCN(Cc1ccccc1)c1ccc(/C=N\Nc2nc(-c3ccccc3)cs2)cc1. The van der Waals surface area contributed by atoms with Crippen LogP contribution in [0.4, 0.5) is 10.8 Å². The molecule has 0 spiro atoms. The minimum absolute atomic E-state index is 0.779. The molecule has 1 heterocycles. The fraction of sp³-hybridized carbons (Fsp3) is 0.120. The minimum Gasteiger partial charge on any atom is -0.367 e. The van der Waals surface area contributed by atoms with Crippen molar-refractivity contribution in [3.63, 3.8) is 0 Å². The molecule has 0 bridgehead atoms. The quantitative estimate of drug-likeness (QED) is 0.273. The molecule has 0 atom stereocenters. The molecule has 0 saturated carbocycles. The van der Waals surface area contributed by atoms with Crippen LogP contribution in [0, 0.1) is 0 Å². The lowest BCUT2D eigenvalue weighted by Crippen LogP contribution is -2.21. The number of hydrazone groups is 1. The Bertz CT molecular complexity index is 1070. The summed E-state index contributed by atoms with van der Waals surface area (Å²) in [5.41, 5.74) is 8.66. The molecule has 5 heteroatoms. The number of benzene rings is 3. The number of nitrogens with one attached hydrogen (secondary N) is 1. The molecule has 0 unspecified atom stereocenters. The molecular weight excluding hydrogens is 388 g/mol. The van der Waals surface area contributed by atoms with Crippen LogP contribution in [0.5, 0.6) is 0 Å². The number of anilines is 2. The van der Waals surface area contributed by atoms with Crippen LogP contribution in [0.15, 0.2) is 95.4 Å². The smallest absolute Gasteiger partial charge is 0.203 e. The van der Waals surface area contributed by atoms with Gasteiger partial charge in [0.15, 0.2) is 0 Å². The average molecular weight is 413 g/mol. The van der Waals surface area contributed by atoms with Crippen LogP contribution in [0.1, 0.15) is 18.1 Å². The molecule has 1 N–H and O–H groups in total. The van der Waals surface area contributed by atoms with Gasteiger partial charge in [0.2, 0.25) is 5.13 Å². The van der Waals surface area contributed by atoms with Gasteiger partial charge in [-0.05, 0) is 30.2 Å². The van der Waals surface area contributed by atoms with E-state index in [4.69, 9.17) is 0 Å². The largest absolute Gasteiger partial charge is 0.367 e. The normalized spacial score (nSPS) is 11.0. The van der Waals surface area contributed by atoms with Crippen molar-refractivity contribution in [3.8, 4) is 11.3 Å². The summed E-state index contributed by atoms with van der Waals surface area (Å²) in [5.74, 6) is 0. The van der Waals surface area contributed by atoms with E-state index in [9.17, 15) is 0 Å². The van der Waals surface area contributed by atoms with Gasteiger partial charge in [-0.1, -0.05) is 72.8 Å². The monoisotopic (exact) mass is 412 g/mol. The highest BCUT2D eigenvalue weighted by atomic mass is 32.1. The van der Waals surface area contributed by atoms with Gasteiger partial charge in [-0.2, -0.15) is 5.10 Å². The molecule has 0 amide bonds. The van der Waals surface area contributed by atoms with Crippen molar-refractivity contribution in [2.45, 2.75) is 13.5 Å². The molecule has 150 valence electrons. The average Bonchev–Trinajstić information content (AvgIpc) is 3.28. The van der Waals surface area contributed by atoms with Gasteiger partial charge >= 0.3 is 0 Å². The summed E-state index contributed by atoms with van der Waals surface area (Å²) in [6, 6.07) is 29.2. The van der Waals surface area contributed by atoms with Crippen LogP contribution >= 0.6 is 11.3 Å². The van der Waals surface area contributed by atoms with Crippen LogP contribution in [0.25, 0.3) is 11.3 Å². The molecule has 0 aliphatic carbocycles. The maximum Gasteiger partial charge on any atom is 0.203 e. The number of aromatic nitrogens is 1. The molecule has 4 aromatic rings. The molecule has 1 aromatic heterocycles. The summed E-state index contributed by atoms with van der Waals surface area (Å²) in [6.07, 6.45) is 1.82. The van der Waals surface area contributed by atoms with Crippen LogP contribution in [-0.2, 0) is 6.54 Å². The molecule has 0 aliphatic heterocycles. The lowest BCUT2D eigenvalue weighted by molar-refractivity contribution is 0.832. The van der Waals surface area contributed by atoms with E-state index in [-0.39, 0.29) is 0 Å². The highest BCUT2D eigenvalue weighted by Gasteiger charge is 2.05. The first-order chi connectivity index (χ1) is 14.8. The maximum atomic E-state index is 4.59. The fourth-order valence-electron chi connectivity index (χ4n) is 3.19. The van der Waals surface area contributed by atoms with Gasteiger partial charge in [-0.25, -0.2) is 4.98 Å². The Morgan fingerprint density at radius 2 is 1.63 bits per heavy atom. The summed E-state index contributed by atoms with van der Waals surface area (Å²) in [6.45, 7) is 4.04. The number of hydrogen-bond acceptors (Lipinski definition) is 5. The molecule has 30 heavy (non-hydrogen) atoms. The second-order valence-electron chi connectivity index (χ2n) is 6.87. The van der Waals surface area contributed by atoms with Gasteiger partial charge < -0.3 is 4.90 Å². The highest BCUT2D eigenvalue weighted by molar-refractivity contribution is 7.14. The Hall–Kier alpha value is -3.44. The number of nitrogens with zero attached hydrogens (tertiary/aromatic N) is 3. The third-order valence-electron chi connectivity index (χ3n) is 4.80. The van der Waals surface area contributed by atoms with E-state index in [0.29, 0.717) is 0 Å². The summed E-state index contributed by atoms with van der Waals surface area (Å²) in [4.78, 5) is 6.94. The van der Waals surface area contributed by atoms with Crippen molar-refractivity contribution in [3.05, 3.63) is 101 Å². The molecule has 0 fully saturated rings. The van der Waals surface area contributed by atoms with Crippen molar-refractivity contribution < 1.29 is 0 Å². The first-order valence-electron chi connectivity index (χ1n) is 10.0. The fourth-order valence-corrected chi connectivity index (χ4v) is 3.86. The molecule has 4 rings (SSSR count). The van der Waals surface area contributed by atoms with Crippen molar-refractivity contribution >= 4 is 28.4 Å². The molecule has 0 radical (unpaired) electrons. The van der Waals surface area contributed by atoms with Crippen molar-refractivity contribution in [2.24, 2.45) is 5.10 Å². The molecule has 0 aliphatic rings.